The molecule has 7 nitrogen and oxygen atoms in total. The third-order valence-electron chi connectivity index (χ3n) is 4.74. The molecule has 1 heterocycles. The molecule has 0 amide bonds. The van der Waals surface area contributed by atoms with Crippen LogP contribution < -0.4 is 16.0 Å². The molecule has 1 aliphatic rings. The van der Waals surface area contributed by atoms with Crippen LogP contribution in [0.15, 0.2) is 33.9 Å². The molecule has 0 aliphatic heterocycles. The molecule has 1 aliphatic carbocycles. The van der Waals surface area contributed by atoms with Gasteiger partial charge in [0, 0.05) is 23.5 Å². The normalized spacial score (nSPS) is 14.0. The van der Waals surface area contributed by atoms with E-state index in [4.69, 9.17) is 0 Å². The number of anilines is 1. The number of H-pyrrole nitrogens is 1. The minimum atomic E-state index is -3.29. The van der Waals surface area contributed by atoms with E-state index in [1.54, 1.807) is 23.6 Å². The SMILES string of the molecule is CCS(=O)(=O)Nc1ccc(CCn2c3c(c(=O)[nH]c2=O)CCCC3)cc1. The molecule has 0 unspecified atom stereocenters. The molecule has 0 saturated carbocycles. The predicted molar refractivity (Wildman–Crippen MR) is 101 cm³/mol. The minimum Gasteiger partial charge on any atom is -0.297 e. The lowest BCUT2D eigenvalue weighted by molar-refractivity contribution is 0.552. The van der Waals surface area contributed by atoms with Crippen LogP contribution in [0.2, 0.25) is 0 Å². The summed E-state index contributed by atoms with van der Waals surface area (Å²) in [6.45, 7) is 2.07. The van der Waals surface area contributed by atoms with Gasteiger partial charge >= 0.3 is 5.69 Å². The van der Waals surface area contributed by atoms with Crippen molar-refractivity contribution < 1.29 is 8.42 Å². The van der Waals surface area contributed by atoms with E-state index in [0.717, 1.165) is 42.5 Å². The maximum atomic E-state index is 12.2. The van der Waals surface area contributed by atoms with Gasteiger partial charge in [-0.15, -0.1) is 0 Å². The van der Waals surface area contributed by atoms with E-state index < -0.39 is 10.0 Å². The summed E-state index contributed by atoms with van der Waals surface area (Å²) in [5.41, 5.74) is 2.50. The summed E-state index contributed by atoms with van der Waals surface area (Å²) >= 11 is 0. The lowest BCUT2D eigenvalue weighted by atomic mass is 9.96. The van der Waals surface area contributed by atoms with Crippen molar-refractivity contribution in [3.05, 3.63) is 61.9 Å². The fourth-order valence-corrected chi connectivity index (χ4v) is 3.90. The minimum absolute atomic E-state index is 0.0228. The smallest absolute Gasteiger partial charge is 0.297 e. The fraction of sp³-hybridized carbons (Fsp3) is 0.444. The number of hydrogen-bond donors (Lipinski definition) is 2. The van der Waals surface area contributed by atoms with Crippen molar-refractivity contribution in [2.75, 3.05) is 10.5 Å². The van der Waals surface area contributed by atoms with E-state index in [2.05, 4.69) is 9.71 Å². The third-order valence-corrected chi connectivity index (χ3v) is 6.04. The van der Waals surface area contributed by atoms with E-state index >= 15 is 0 Å². The molecular weight excluding hydrogens is 354 g/mol. The maximum absolute atomic E-state index is 12.2. The molecule has 1 aromatic carbocycles. The second kappa shape index (κ2) is 7.49. The van der Waals surface area contributed by atoms with Crippen molar-refractivity contribution in [2.24, 2.45) is 0 Å². The number of aromatic amines is 1. The van der Waals surface area contributed by atoms with Gasteiger partial charge in [0.15, 0.2) is 0 Å². The number of benzene rings is 1. The Kier molecular flexibility index (Phi) is 5.31. The van der Waals surface area contributed by atoms with Gasteiger partial charge in [0.1, 0.15) is 0 Å². The van der Waals surface area contributed by atoms with Gasteiger partial charge in [-0.1, -0.05) is 12.1 Å². The quantitative estimate of drug-likeness (QED) is 0.795. The van der Waals surface area contributed by atoms with E-state index in [9.17, 15) is 18.0 Å². The summed E-state index contributed by atoms with van der Waals surface area (Å²) in [5, 5.41) is 0. The number of nitrogens with zero attached hydrogens (tertiary/aromatic N) is 1. The van der Waals surface area contributed by atoms with Gasteiger partial charge in [-0.05, 0) is 56.7 Å². The Morgan fingerprint density at radius 3 is 2.50 bits per heavy atom. The van der Waals surface area contributed by atoms with Crippen molar-refractivity contribution >= 4 is 15.7 Å². The zero-order chi connectivity index (χ0) is 18.7. The van der Waals surface area contributed by atoms with E-state index in [1.807, 2.05) is 12.1 Å². The number of rotatable bonds is 6. The van der Waals surface area contributed by atoms with Gasteiger partial charge in [0.25, 0.3) is 5.56 Å². The van der Waals surface area contributed by atoms with Crippen molar-refractivity contribution in [1.82, 2.24) is 9.55 Å². The Labute approximate surface area is 152 Å². The fourth-order valence-electron chi connectivity index (χ4n) is 3.26. The summed E-state index contributed by atoms with van der Waals surface area (Å²) in [6, 6.07) is 7.12. The Balaban J connectivity index is 1.76. The largest absolute Gasteiger partial charge is 0.328 e. The van der Waals surface area contributed by atoms with Crippen molar-refractivity contribution in [3.8, 4) is 0 Å². The number of nitrogens with one attached hydrogen (secondary N) is 2. The summed E-state index contributed by atoms with van der Waals surface area (Å²) in [5.74, 6) is 0.0228. The van der Waals surface area contributed by atoms with Crippen LogP contribution in [0, 0.1) is 0 Å². The van der Waals surface area contributed by atoms with Crippen molar-refractivity contribution in [3.63, 3.8) is 0 Å². The highest BCUT2D eigenvalue weighted by molar-refractivity contribution is 7.92. The molecule has 0 saturated heterocycles. The molecule has 26 heavy (non-hydrogen) atoms. The first kappa shape index (κ1) is 18.4. The molecular formula is C18H23N3O4S. The Bertz CT molecular complexity index is 1000. The van der Waals surface area contributed by atoms with Gasteiger partial charge in [-0.3, -0.25) is 19.1 Å². The Morgan fingerprint density at radius 2 is 1.81 bits per heavy atom. The van der Waals surface area contributed by atoms with E-state index in [-0.39, 0.29) is 17.0 Å². The van der Waals surface area contributed by atoms with Crippen LogP contribution in [0.4, 0.5) is 5.69 Å². The van der Waals surface area contributed by atoms with Crippen LogP contribution in [0.1, 0.15) is 36.6 Å². The third kappa shape index (κ3) is 4.07. The van der Waals surface area contributed by atoms with Gasteiger partial charge in [-0.2, -0.15) is 0 Å². The average Bonchev–Trinajstić information content (AvgIpc) is 2.62. The van der Waals surface area contributed by atoms with E-state index in [0.29, 0.717) is 18.7 Å². The number of fused-ring (bicyclic) bond motifs is 1. The zero-order valence-corrected chi connectivity index (χ0v) is 15.6. The van der Waals surface area contributed by atoms with Gasteiger partial charge in [-0.25, -0.2) is 13.2 Å². The standard InChI is InChI=1S/C18H23N3O4S/c1-2-26(24,25)20-14-9-7-13(8-10-14)11-12-21-16-6-4-3-5-15(16)17(22)19-18(21)23/h7-10,20H,2-6,11-12H2,1H3,(H,19,22,23). The number of hydrogen-bond acceptors (Lipinski definition) is 4. The summed E-state index contributed by atoms with van der Waals surface area (Å²) in [4.78, 5) is 26.6. The zero-order valence-electron chi connectivity index (χ0n) is 14.7. The molecule has 8 heteroatoms. The molecule has 3 rings (SSSR count). The summed E-state index contributed by atoms with van der Waals surface area (Å²) in [7, 11) is -3.29. The molecule has 0 bridgehead atoms. The first-order chi connectivity index (χ1) is 12.4. The molecule has 0 fully saturated rings. The summed E-state index contributed by atoms with van der Waals surface area (Å²) in [6.07, 6.45) is 4.06. The first-order valence-corrected chi connectivity index (χ1v) is 10.5. The number of aryl methyl sites for hydroxylation is 1. The number of aromatic nitrogens is 2. The van der Waals surface area contributed by atoms with Crippen LogP contribution in [0.25, 0.3) is 0 Å². The predicted octanol–water partition coefficient (Wildman–Crippen LogP) is 1.42. The topological polar surface area (TPSA) is 101 Å². The maximum Gasteiger partial charge on any atom is 0.328 e. The lowest BCUT2D eigenvalue weighted by Crippen LogP contribution is -2.37. The van der Waals surface area contributed by atoms with Crippen LogP contribution in [-0.2, 0) is 35.8 Å². The lowest BCUT2D eigenvalue weighted by Gasteiger charge is -2.19. The second-order valence-corrected chi connectivity index (χ2v) is 8.51. The number of sulfonamides is 1. The highest BCUT2D eigenvalue weighted by Crippen LogP contribution is 2.17. The highest BCUT2D eigenvalue weighted by atomic mass is 32.2. The van der Waals surface area contributed by atoms with Gasteiger partial charge in [0.2, 0.25) is 10.0 Å². The van der Waals surface area contributed by atoms with Gasteiger partial charge in [0.05, 0.1) is 5.75 Å². The van der Waals surface area contributed by atoms with Crippen molar-refractivity contribution in [1.29, 1.82) is 0 Å². The molecule has 0 atom stereocenters. The van der Waals surface area contributed by atoms with Crippen LogP contribution >= 0.6 is 0 Å². The Morgan fingerprint density at radius 1 is 1.12 bits per heavy atom. The van der Waals surface area contributed by atoms with Gasteiger partial charge < -0.3 is 0 Å². The van der Waals surface area contributed by atoms with Crippen molar-refractivity contribution in [2.45, 2.75) is 45.6 Å². The van der Waals surface area contributed by atoms with E-state index in [1.165, 1.54) is 0 Å². The molecule has 2 aromatic rings. The average molecular weight is 377 g/mol. The second-order valence-electron chi connectivity index (χ2n) is 6.50. The molecule has 0 radical (unpaired) electrons. The molecule has 0 spiro atoms. The Hall–Kier alpha value is -2.35. The molecule has 2 N–H and O–H groups in total. The van der Waals surface area contributed by atoms with Crippen LogP contribution in [0.3, 0.4) is 0 Å². The summed E-state index contributed by atoms with van der Waals surface area (Å²) < 4.78 is 27.3. The highest BCUT2D eigenvalue weighted by Gasteiger charge is 2.18. The van der Waals surface area contributed by atoms with Crippen LogP contribution in [-0.4, -0.2) is 23.7 Å². The molecule has 140 valence electrons. The monoisotopic (exact) mass is 377 g/mol. The van der Waals surface area contributed by atoms with Crippen LogP contribution in [0.5, 0.6) is 0 Å². The first-order valence-electron chi connectivity index (χ1n) is 8.84. The molecule has 1 aromatic heterocycles.